The maximum Gasteiger partial charge on any atom is 0.124 e. The van der Waals surface area contributed by atoms with E-state index in [0.29, 0.717) is 0 Å². The molecule has 2 aromatic heterocycles. The number of aliphatic hydroxyl groups excluding tert-OH is 1. The summed E-state index contributed by atoms with van der Waals surface area (Å²) in [6.45, 7) is 4.75. The summed E-state index contributed by atoms with van der Waals surface area (Å²) < 4.78 is 7.02. The van der Waals surface area contributed by atoms with Crippen molar-refractivity contribution < 1.29 is 9.52 Å². The summed E-state index contributed by atoms with van der Waals surface area (Å²) in [5.74, 6) is 0.747. The van der Waals surface area contributed by atoms with E-state index in [4.69, 9.17) is 4.42 Å². The molecular weight excluding hydrogens is 204 g/mol. The molecule has 0 amide bonds. The number of rotatable bonds is 4. The standard InChI is InChI=1S/C12H16N2O2/c1-3-7-14-11(4-6-13-14)12(15)10-5-8-16-9(10)2/h4-6,8,12,15H,3,7H2,1-2H3. The molecule has 0 bridgehead atoms. The number of furan rings is 1. The van der Waals surface area contributed by atoms with E-state index < -0.39 is 6.10 Å². The number of aryl methyl sites for hydroxylation is 2. The molecule has 0 aliphatic carbocycles. The number of nitrogens with zero attached hydrogens (tertiary/aromatic N) is 2. The second-order valence-electron chi connectivity index (χ2n) is 3.81. The van der Waals surface area contributed by atoms with E-state index in [9.17, 15) is 5.11 Å². The summed E-state index contributed by atoms with van der Waals surface area (Å²) >= 11 is 0. The third-order valence-corrected chi connectivity index (χ3v) is 2.66. The van der Waals surface area contributed by atoms with Crippen molar-refractivity contribution >= 4 is 0 Å². The van der Waals surface area contributed by atoms with Gasteiger partial charge < -0.3 is 9.52 Å². The molecule has 4 nitrogen and oxygen atoms in total. The van der Waals surface area contributed by atoms with Gasteiger partial charge in [-0.3, -0.25) is 4.68 Å². The predicted molar refractivity (Wildman–Crippen MR) is 60.0 cm³/mol. The first-order valence-electron chi connectivity index (χ1n) is 5.47. The summed E-state index contributed by atoms with van der Waals surface area (Å²) in [7, 11) is 0. The molecule has 0 radical (unpaired) electrons. The highest BCUT2D eigenvalue weighted by molar-refractivity contribution is 5.26. The molecule has 0 aliphatic rings. The average molecular weight is 220 g/mol. The predicted octanol–water partition coefficient (Wildman–Crippen LogP) is 2.28. The molecule has 1 N–H and O–H groups in total. The topological polar surface area (TPSA) is 51.2 Å². The molecule has 86 valence electrons. The highest BCUT2D eigenvalue weighted by Crippen LogP contribution is 2.25. The minimum absolute atomic E-state index is 0.659. The van der Waals surface area contributed by atoms with Gasteiger partial charge in [0.25, 0.3) is 0 Å². The van der Waals surface area contributed by atoms with Gasteiger partial charge >= 0.3 is 0 Å². The fraction of sp³-hybridized carbons (Fsp3) is 0.417. The second-order valence-corrected chi connectivity index (χ2v) is 3.81. The molecule has 0 saturated carbocycles. The van der Waals surface area contributed by atoms with Crippen molar-refractivity contribution in [3.05, 3.63) is 41.6 Å². The Hall–Kier alpha value is -1.55. The molecule has 1 atom stereocenters. The van der Waals surface area contributed by atoms with Crippen LogP contribution < -0.4 is 0 Å². The van der Waals surface area contributed by atoms with Crippen molar-refractivity contribution in [2.24, 2.45) is 0 Å². The summed E-state index contributed by atoms with van der Waals surface area (Å²) in [6, 6.07) is 3.63. The van der Waals surface area contributed by atoms with Gasteiger partial charge in [-0.25, -0.2) is 0 Å². The van der Waals surface area contributed by atoms with Crippen molar-refractivity contribution in [1.82, 2.24) is 9.78 Å². The Morgan fingerprint density at radius 1 is 1.50 bits per heavy atom. The molecule has 0 aliphatic heterocycles. The Labute approximate surface area is 94.5 Å². The van der Waals surface area contributed by atoms with Gasteiger partial charge in [-0.2, -0.15) is 5.10 Å². The van der Waals surface area contributed by atoms with Gasteiger partial charge in [0.05, 0.1) is 12.0 Å². The summed E-state index contributed by atoms with van der Waals surface area (Å²) in [5, 5.41) is 14.4. The zero-order valence-corrected chi connectivity index (χ0v) is 9.55. The molecule has 2 heterocycles. The summed E-state index contributed by atoms with van der Waals surface area (Å²) in [6.07, 6.45) is 3.64. The van der Waals surface area contributed by atoms with Gasteiger partial charge in [0.15, 0.2) is 0 Å². The van der Waals surface area contributed by atoms with Gasteiger partial charge in [0.1, 0.15) is 11.9 Å². The first-order chi connectivity index (χ1) is 7.74. The van der Waals surface area contributed by atoms with Gasteiger partial charge in [0.2, 0.25) is 0 Å². The number of hydrogen-bond acceptors (Lipinski definition) is 3. The molecule has 16 heavy (non-hydrogen) atoms. The zero-order valence-electron chi connectivity index (χ0n) is 9.55. The van der Waals surface area contributed by atoms with E-state index in [-0.39, 0.29) is 0 Å². The number of hydrogen-bond donors (Lipinski definition) is 1. The molecule has 0 aromatic carbocycles. The van der Waals surface area contributed by atoms with E-state index in [1.807, 2.05) is 17.7 Å². The van der Waals surface area contributed by atoms with Crippen LogP contribution in [0.4, 0.5) is 0 Å². The second kappa shape index (κ2) is 4.53. The van der Waals surface area contributed by atoms with Crippen LogP contribution in [0.15, 0.2) is 29.0 Å². The van der Waals surface area contributed by atoms with Crippen molar-refractivity contribution in [3.63, 3.8) is 0 Å². The molecule has 2 rings (SSSR count). The number of aliphatic hydroxyl groups is 1. The highest BCUT2D eigenvalue weighted by atomic mass is 16.3. The van der Waals surface area contributed by atoms with Crippen LogP contribution in [0.25, 0.3) is 0 Å². The molecule has 0 spiro atoms. The molecule has 1 unspecified atom stereocenters. The van der Waals surface area contributed by atoms with E-state index in [1.165, 1.54) is 0 Å². The Morgan fingerprint density at radius 2 is 2.31 bits per heavy atom. The minimum atomic E-state index is -0.659. The maximum atomic E-state index is 10.2. The average Bonchev–Trinajstić information content (AvgIpc) is 2.87. The lowest BCUT2D eigenvalue weighted by Gasteiger charge is -2.12. The van der Waals surface area contributed by atoms with Crippen molar-refractivity contribution in [2.45, 2.75) is 32.9 Å². The Bertz CT molecular complexity index is 459. The van der Waals surface area contributed by atoms with Crippen LogP contribution in [0.3, 0.4) is 0 Å². The van der Waals surface area contributed by atoms with Crippen LogP contribution in [0, 0.1) is 6.92 Å². The summed E-state index contributed by atoms with van der Waals surface area (Å²) in [5.41, 5.74) is 1.62. The van der Waals surface area contributed by atoms with Crippen molar-refractivity contribution in [3.8, 4) is 0 Å². The van der Waals surface area contributed by atoms with Crippen molar-refractivity contribution in [2.75, 3.05) is 0 Å². The molecule has 0 fully saturated rings. The Balaban J connectivity index is 2.30. The van der Waals surface area contributed by atoms with Crippen LogP contribution in [-0.4, -0.2) is 14.9 Å². The molecule has 4 heteroatoms. The van der Waals surface area contributed by atoms with Gasteiger partial charge in [-0.05, 0) is 25.5 Å². The smallest absolute Gasteiger partial charge is 0.124 e. The molecule has 2 aromatic rings. The summed E-state index contributed by atoms with van der Waals surface area (Å²) in [4.78, 5) is 0. The van der Waals surface area contributed by atoms with Crippen LogP contribution in [0.2, 0.25) is 0 Å². The largest absolute Gasteiger partial charge is 0.469 e. The third-order valence-electron chi connectivity index (χ3n) is 2.66. The lowest BCUT2D eigenvalue weighted by atomic mass is 10.1. The highest BCUT2D eigenvalue weighted by Gasteiger charge is 2.18. The Morgan fingerprint density at radius 3 is 2.94 bits per heavy atom. The van der Waals surface area contributed by atoms with E-state index in [0.717, 1.165) is 30.0 Å². The van der Waals surface area contributed by atoms with Gasteiger partial charge in [0, 0.05) is 18.3 Å². The monoisotopic (exact) mass is 220 g/mol. The first-order valence-corrected chi connectivity index (χ1v) is 5.47. The van der Waals surface area contributed by atoms with E-state index in [2.05, 4.69) is 12.0 Å². The molecular formula is C12H16N2O2. The van der Waals surface area contributed by atoms with Crippen molar-refractivity contribution in [1.29, 1.82) is 0 Å². The lowest BCUT2D eigenvalue weighted by molar-refractivity contribution is 0.205. The minimum Gasteiger partial charge on any atom is -0.469 e. The van der Waals surface area contributed by atoms with Gasteiger partial charge in [-0.1, -0.05) is 6.92 Å². The van der Waals surface area contributed by atoms with Crippen LogP contribution in [0.5, 0.6) is 0 Å². The third kappa shape index (κ3) is 1.88. The first kappa shape index (κ1) is 11.0. The SMILES string of the molecule is CCCn1nccc1C(O)c1ccoc1C. The van der Waals surface area contributed by atoms with E-state index in [1.54, 1.807) is 18.5 Å². The lowest BCUT2D eigenvalue weighted by Crippen LogP contribution is -2.10. The van der Waals surface area contributed by atoms with Crippen LogP contribution in [-0.2, 0) is 6.54 Å². The quantitative estimate of drug-likeness (QED) is 0.860. The normalized spacial score (nSPS) is 12.9. The fourth-order valence-electron chi connectivity index (χ4n) is 1.81. The van der Waals surface area contributed by atoms with Gasteiger partial charge in [-0.15, -0.1) is 0 Å². The maximum absolute atomic E-state index is 10.2. The fourth-order valence-corrected chi connectivity index (χ4v) is 1.81. The van der Waals surface area contributed by atoms with E-state index >= 15 is 0 Å². The molecule has 0 saturated heterocycles. The van der Waals surface area contributed by atoms with Crippen LogP contribution in [0.1, 0.15) is 36.5 Å². The number of aromatic nitrogens is 2. The Kier molecular flexibility index (Phi) is 3.10. The zero-order chi connectivity index (χ0) is 11.5. The van der Waals surface area contributed by atoms with Crippen LogP contribution >= 0.6 is 0 Å².